The highest BCUT2D eigenvalue weighted by atomic mass is 16.1. The highest BCUT2D eigenvalue weighted by molar-refractivity contribution is 5.93. The van der Waals surface area contributed by atoms with Gasteiger partial charge in [-0.25, -0.2) is 9.67 Å². The van der Waals surface area contributed by atoms with Crippen molar-refractivity contribution in [2.45, 2.75) is 40.2 Å². The van der Waals surface area contributed by atoms with Crippen LogP contribution in [0.15, 0.2) is 18.5 Å². The maximum atomic E-state index is 11.8. The fraction of sp³-hybridized carbons (Fsp3) is 0.500. The summed E-state index contributed by atoms with van der Waals surface area (Å²) in [4.78, 5) is 16.2. The predicted molar refractivity (Wildman–Crippen MR) is 76.0 cm³/mol. The van der Waals surface area contributed by atoms with Crippen molar-refractivity contribution in [3.8, 4) is 0 Å². The summed E-state index contributed by atoms with van der Waals surface area (Å²) >= 11 is 0. The van der Waals surface area contributed by atoms with Crippen LogP contribution in [0.3, 0.4) is 0 Å². The minimum atomic E-state index is 0.00841. The number of carbonyl (C=O) groups is 1. The number of aromatic nitrogens is 3. The summed E-state index contributed by atoms with van der Waals surface area (Å²) in [6.07, 6.45) is 4.29. The molecule has 0 unspecified atom stereocenters. The molecule has 1 amide bonds. The molecule has 2 aromatic rings. The Labute approximate surface area is 113 Å². The molecule has 0 aliphatic rings. The maximum absolute atomic E-state index is 11.8. The van der Waals surface area contributed by atoms with E-state index in [1.165, 1.54) is 0 Å². The van der Waals surface area contributed by atoms with Gasteiger partial charge >= 0.3 is 0 Å². The van der Waals surface area contributed by atoms with Crippen LogP contribution < -0.4 is 5.32 Å². The third-order valence-corrected chi connectivity index (χ3v) is 3.25. The van der Waals surface area contributed by atoms with Crippen molar-refractivity contribution in [2.75, 3.05) is 5.32 Å². The molecule has 0 fully saturated rings. The van der Waals surface area contributed by atoms with Gasteiger partial charge in [-0.2, -0.15) is 5.10 Å². The summed E-state index contributed by atoms with van der Waals surface area (Å²) < 4.78 is 1.87. The maximum Gasteiger partial charge on any atom is 0.227 e. The van der Waals surface area contributed by atoms with Crippen molar-refractivity contribution in [1.29, 1.82) is 0 Å². The van der Waals surface area contributed by atoms with Gasteiger partial charge < -0.3 is 5.32 Å². The van der Waals surface area contributed by atoms with Gasteiger partial charge in [-0.1, -0.05) is 13.8 Å². The Hall–Kier alpha value is -1.91. The van der Waals surface area contributed by atoms with E-state index in [0.29, 0.717) is 0 Å². The van der Waals surface area contributed by atoms with E-state index in [1.54, 1.807) is 12.4 Å². The Morgan fingerprint density at radius 3 is 2.74 bits per heavy atom. The third kappa shape index (κ3) is 2.75. The smallest absolute Gasteiger partial charge is 0.227 e. The van der Waals surface area contributed by atoms with Crippen LogP contribution in [0.25, 0.3) is 11.0 Å². The first kappa shape index (κ1) is 13.5. The van der Waals surface area contributed by atoms with E-state index in [2.05, 4.69) is 29.2 Å². The largest absolute Gasteiger partial charge is 0.324 e. The molecule has 0 aliphatic carbocycles. The van der Waals surface area contributed by atoms with Gasteiger partial charge in [0.1, 0.15) is 0 Å². The highest BCUT2D eigenvalue weighted by Gasteiger charge is 2.12. The zero-order valence-corrected chi connectivity index (χ0v) is 11.8. The van der Waals surface area contributed by atoms with Crippen molar-refractivity contribution in [3.63, 3.8) is 0 Å². The number of nitrogens with zero attached hydrogens (tertiary/aromatic N) is 3. The third-order valence-electron chi connectivity index (χ3n) is 3.25. The van der Waals surface area contributed by atoms with Gasteiger partial charge in [0.2, 0.25) is 5.91 Å². The highest BCUT2D eigenvalue weighted by Crippen LogP contribution is 2.19. The molecule has 0 saturated heterocycles. The Morgan fingerprint density at radius 2 is 2.11 bits per heavy atom. The number of nitrogens with one attached hydrogen (secondary N) is 1. The van der Waals surface area contributed by atoms with Crippen LogP contribution in [0.1, 0.15) is 40.2 Å². The molecule has 0 saturated carbocycles. The van der Waals surface area contributed by atoms with Gasteiger partial charge in [-0.15, -0.1) is 0 Å². The summed E-state index contributed by atoms with van der Waals surface area (Å²) in [5.41, 5.74) is 1.57. The van der Waals surface area contributed by atoms with Crippen molar-refractivity contribution >= 4 is 22.6 Å². The molecular formula is C14H20N4O. The first-order valence-electron chi connectivity index (χ1n) is 6.67. The van der Waals surface area contributed by atoms with Crippen LogP contribution in [-0.2, 0) is 4.79 Å². The minimum absolute atomic E-state index is 0.00841. The van der Waals surface area contributed by atoms with Crippen LogP contribution in [-0.4, -0.2) is 20.7 Å². The van der Waals surface area contributed by atoms with Crippen molar-refractivity contribution < 1.29 is 4.79 Å². The molecule has 0 spiro atoms. The lowest BCUT2D eigenvalue weighted by molar-refractivity contribution is -0.119. The quantitative estimate of drug-likeness (QED) is 0.919. The normalized spacial score (nSPS) is 12.9. The lowest BCUT2D eigenvalue weighted by Gasteiger charge is -2.10. The van der Waals surface area contributed by atoms with E-state index in [4.69, 9.17) is 0 Å². The Morgan fingerprint density at radius 1 is 1.37 bits per heavy atom. The van der Waals surface area contributed by atoms with Crippen molar-refractivity contribution in [2.24, 2.45) is 5.92 Å². The fourth-order valence-electron chi connectivity index (χ4n) is 1.84. The molecule has 2 aromatic heterocycles. The lowest BCUT2D eigenvalue weighted by Crippen LogP contribution is -2.19. The summed E-state index contributed by atoms with van der Waals surface area (Å²) in [6.45, 7) is 8.04. The lowest BCUT2D eigenvalue weighted by atomic mass is 10.1. The van der Waals surface area contributed by atoms with Gasteiger partial charge in [-0.3, -0.25) is 4.79 Å². The molecule has 5 nitrogen and oxygen atoms in total. The molecule has 2 rings (SSSR count). The van der Waals surface area contributed by atoms with E-state index in [-0.39, 0.29) is 17.9 Å². The van der Waals surface area contributed by atoms with Crippen molar-refractivity contribution in [1.82, 2.24) is 14.8 Å². The second kappa shape index (κ2) is 5.38. The molecule has 0 aromatic carbocycles. The number of pyridine rings is 1. The molecule has 0 radical (unpaired) electrons. The van der Waals surface area contributed by atoms with Gasteiger partial charge in [0.25, 0.3) is 0 Å². The van der Waals surface area contributed by atoms with Crippen LogP contribution in [0.4, 0.5) is 5.69 Å². The first-order chi connectivity index (χ1) is 9.02. The number of hydrogen-bond donors (Lipinski definition) is 1. The van der Waals surface area contributed by atoms with E-state index in [0.717, 1.165) is 23.1 Å². The zero-order chi connectivity index (χ0) is 14.0. The van der Waals surface area contributed by atoms with Crippen LogP contribution in [0.5, 0.6) is 0 Å². The van der Waals surface area contributed by atoms with Crippen LogP contribution >= 0.6 is 0 Å². The number of rotatable bonds is 4. The summed E-state index contributed by atoms with van der Waals surface area (Å²) in [5, 5.41) is 8.13. The first-order valence-corrected chi connectivity index (χ1v) is 6.67. The summed E-state index contributed by atoms with van der Waals surface area (Å²) in [7, 11) is 0. The van der Waals surface area contributed by atoms with Crippen LogP contribution in [0.2, 0.25) is 0 Å². The minimum Gasteiger partial charge on any atom is -0.324 e. The number of amides is 1. The Kier molecular flexibility index (Phi) is 3.83. The monoisotopic (exact) mass is 260 g/mol. The summed E-state index contributed by atoms with van der Waals surface area (Å²) in [5.74, 6) is 0.0361. The molecule has 0 aliphatic heterocycles. The predicted octanol–water partition coefficient (Wildman–Crippen LogP) is 3.00. The molecule has 5 heteroatoms. The molecule has 0 bridgehead atoms. The standard InChI is InChI=1S/C14H20N4O/c1-5-10(4)14(19)17-12-6-11-7-16-18(9(2)3)13(11)15-8-12/h6-10H,5H2,1-4H3,(H,17,19)/t10-/m1/s1. The van der Waals surface area contributed by atoms with Gasteiger partial charge in [-0.05, 0) is 26.3 Å². The molecule has 2 heterocycles. The van der Waals surface area contributed by atoms with Gasteiger partial charge in [0, 0.05) is 17.3 Å². The van der Waals surface area contributed by atoms with Crippen LogP contribution in [0, 0.1) is 5.92 Å². The number of carbonyl (C=O) groups excluding carboxylic acids is 1. The number of fused-ring (bicyclic) bond motifs is 1. The molecule has 102 valence electrons. The van der Waals surface area contributed by atoms with E-state index >= 15 is 0 Å². The van der Waals surface area contributed by atoms with E-state index in [1.807, 2.05) is 24.6 Å². The second-order valence-electron chi connectivity index (χ2n) is 5.12. The van der Waals surface area contributed by atoms with Gasteiger partial charge in [0.15, 0.2) is 5.65 Å². The Bertz CT molecular complexity index is 588. The average molecular weight is 260 g/mol. The zero-order valence-electron chi connectivity index (χ0n) is 11.8. The second-order valence-corrected chi connectivity index (χ2v) is 5.12. The number of hydrogen-bond acceptors (Lipinski definition) is 3. The SMILES string of the molecule is CC[C@@H](C)C(=O)Nc1cnc2c(cnn2C(C)C)c1. The number of anilines is 1. The molecule has 1 atom stereocenters. The fourth-order valence-corrected chi connectivity index (χ4v) is 1.84. The molecule has 19 heavy (non-hydrogen) atoms. The average Bonchev–Trinajstić information content (AvgIpc) is 2.80. The van der Waals surface area contributed by atoms with Crippen molar-refractivity contribution in [3.05, 3.63) is 18.5 Å². The Balaban J connectivity index is 2.25. The molecular weight excluding hydrogens is 240 g/mol. The van der Waals surface area contributed by atoms with E-state index in [9.17, 15) is 4.79 Å². The molecule has 1 N–H and O–H groups in total. The topological polar surface area (TPSA) is 59.8 Å². The summed E-state index contributed by atoms with van der Waals surface area (Å²) in [6, 6.07) is 2.18. The van der Waals surface area contributed by atoms with E-state index < -0.39 is 0 Å². The van der Waals surface area contributed by atoms with Gasteiger partial charge in [0.05, 0.1) is 18.1 Å².